The highest BCUT2D eigenvalue weighted by Crippen LogP contribution is 2.42. The molecule has 0 aliphatic carbocycles. The molecule has 0 fully saturated rings. The van der Waals surface area contributed by atoms with Gasteiger partial charge in [-0.15, -0.1) is 11.3 Å². The van der Waals surface area contributed by atoms with Gasteiger partial charge in [-0.05, 0) is 24.6 Å². The maximum Gasteiger partial charge on any atom is 0.229 e. The molecule has 29 heavy (non-hydrogen) atoms. The number of nitrogen functional groups attached to an aromatic ring is 1. The van der Waals surface area contributed by atoms with Gasteiger partial charge in [-0.3, -0.25) is 0 Å². The standard InChI is InChI=1S/C19H18FN7S2/c1-10(15-24-18(21)26-19(25-15)27(2)3)29-17-14-13(8-28-16(14)22-9-23-17)11-4-6-12(20)7-5-11/h4-10H,1-3H3,(H2,21,24,25,26). The van der Waals surface area contributed by atoms with E-state index in [0.29, 0.717) is 11.8 Å². The molecule has 1 unspecified atom stereocenters. The van der Waals surface area contributed by atoms with Gasteiger partial charge in [0, 0.05) is 25.0 Å². The molecule has 0 spiro atoms. The van der Waals surface area contributed by atoms with E-state index in [9.17, 15) is 4.39 Å². The zero-order valence-electron chi connectivity index (χ0n) is 16.0. The van der Waals surface area contributed by atoms with Gasteiger partial charge in [0.25, 0.3) is 0 Å². The molecular weight excluding hydrogens is 409 g/mol. The second-order valence-corrected chi connectivity index (χ2v) is 8.71. The molecule has 0 bridgehead atoms. The Balaban J connectivity index is 1.73. The molecule has 0 saturated carbocycles. The lowest BCUT2D eigenvalue weighted by atomic mass is 10.1. The van der Waals surface area contributed by atoms with Crippen LogP contribution < -0.4 is 10.6 Å². The van der Waals surface area contributed by atoms with Crippen LogP contribution in [0, 0.1) is 5.82 Å². The summed E-state index contributed by atoms with van der Waals surface area (Å²) in [7, 11) is 3.70. The van der Waals surface area contributed by atoms with Gasteiger partial charge < -0.3 is 10.6 Å². The summed E-state index contributed by atoms with van der Waals surface area (Å²) < 4.78 is 13.3. The first-order valence-corrected chi connectivity index (χ1v) is 10.5. The van der Waals surface area contributed by atoms with Gasteiger partial charge in [0.1, 0.15) is 27.8 Å². The van der Waals surface area contributed by atoms with Crippen molar-refractivity contribution in [3.63, 3.8) is 0 Å². The molecule has 7 nitrogen and oxygen atoms in total. The normalized spacial score (nSPS) is 12.3. The van der Waals surface area contributed by atoms with Crippen LogP contribution in [0.2, 0.25) is 0 Å². The number of nitrogens with two attached hydrogens (primary N) is 1. The Morgan fingerprint density at radius 2 is 1.86 bits per heavy atom. The van der Waals surface area contributed by atoms with Crippen molar-refractivity contribution in [3.8, 4) is 11.1 Å². The Morgan fingerprint density at radius 1 is 1.10 bits per heavy atom. The molecule has 0 aliphatic rings. The van der Waals surface area contributed by atoms with E-state index in [0.717, 1.165) is 26.4 Å². The number of benzene rings is 1. The lowest BCUT2D eigenvalue weighted by Gasteiger charge is -2.15. The van der Waals surface area contributed by atoms with Crippen molar-refractivity contribution in [2.24, 2.45) is 0 Å². The van der Waals surface area contributed by atoms with E-state index >= 15 is 0 Å². The Morgan fingerprint density at radius 3 is 2.59 bits per heavy atom. The molecular formula is C19H18FN7S2. The number of halogens is 1. The summed E-state index contributed by atoms with van der Waals surface area (Å²) in [6.07, 6.45) is 1.55. The van der Waals surface area contributed by atoms with Gasteiger partial charge in [0.2, 0.25) is 11.9 Å². The van der Waals surface area contributed by atoms with Crippen molar-refractivity contribution in [2.75, 3.05) is 24.7 Å². The topological polar surface area (TPSA) is 93.7 Å². The van der Waals surface area contributed by atoms with Crippen molar-refractivity contribution >= 4 is 45.2 Å². The molecule has 1 aromatic carbocycles. The Bertz CT molecular complexity index is 1160. The van der Waals surface area contributed by atoms with Crippen LogP contribution in [0.3, 0.4) is 0 Å². The van der Waals surface area contributed by atoms with Crippen LogP contribution >= 0.6 is 23.1 Å². The SMILES string of the molecule is CC(Sc1ncnc2scc(-c3ccc(F)cc3)c12)c1nc(N)nc(N(C)C)n1. The highest BCUT2D eigenvalue weighted by atomic mass is 32.2. The molecule has 1 atom stereocenters. The number of anilines is 2. The summed E-state index contributed by atoms with van der Waals surface area (Å²) in [4.78, 5) is 24.5. The quantitative estimate of drug-likeness (QED) is 0.374. The summed E-state index contributed by atoms with van der Waals surface area (Å²) in [6, 6.07) is 6.43. The summed E-state index contributed by atoms with van der Waals surface area (Å²) >= 11 is 3.06. The van der Waals surface area contributed by atoms with Gasteiger partial charge in [-0.1, -0.05) is 23.9 Å². The highest BCUT2D eigenvalue weighted by molar-refractivity contribution is 7.99. The Kier molecular flexibility index (Phi) is 5.29. The van der Waals surface area contributed by atoms with Crippen molar-refractivity contribution < 1.29 is 4.39 Å². The molecule has 4 rings (SSSR count). The van der Waals surface area contributed by atoms with Crippen LogP contribution in [0.4, 0.5) is 16.3 Å². The minimum Gasteiger partial charge on any atom is -0.368 e. The second-order valence-electron chi connectivity index (χ2n) is 6.52. The van der Waals surface area contributed by atoms with Crippen LogP contribution in [-0.2, 0) is 0 Å². The minimum atomic E-state index is -0.267. The van der Waals surface area contributed by atoms with E-state index in [1.807, 2.05) is 26.4 Å². The Labute approximate surface area is 175 Å². The summed E-state index contributed by atoms with van der Waals surface area (Å²) in [5, 5.41) is 3.66. The number of aromatic nitrogens is 5. The molecule has 3 aromatic heterocycles. The zero-order chi connectivity index (χ0) is 20.5. The first kappa shape index (κ1) is 19.5. The minimum absolute atomic E-state index is 0.113. The molecule has 2 N–H and O–H groups in total. The molecule has 0 amide bonds. The van der Waals surface area contributed by atoms with Crippen molar-refractivity contribution in [1.29, 1.82) is 0 Å². The van der Waals surface area contributed by atoms with Gasteiger partial charge in [0.15, 0.2) is 0 Å². The summed E-state index contributed by atoms with van der Waals surface area (Å²) in [5.74, 6) is 1.00. The van der Waals surface area contributed by atoms with Gasteiger partial charge in [-0.25, -0.2) is 14.4 Å². The molecule has 148 valence electrons. The van der Waals surface area contributed by atoms with E-state index in [-0.39, 0.29) is 17.0 Å². The second kappa shape index (κ2) is 7.88. The van der Waals surface area contributed by atoms with E-state index in [1.165, 1.54) is 35.2 Å². The molecule has 0 aliphatic heterocycles. The van der Waals surface area contributed by atoms with E-state index in [4.69, 9.17) is 5.73 Å². The van der Waals surface area contributed by atoms with E-state index in [1.54, 1.807) is 23.4 Å². The smallest absolute Gasteiger partial charge is 0.229 e. The van der Waals surface area contributed by atoms with Crippen LogP contribution in [0.1, 0.15) is 18.0 Å². The fraction of sp³-hybridized carbons (Fsp3) is 0.211. The third-order valence-electron chi connectivity index (χ3n) is 4.20. The van der Waals surface area contributed by atoms with E-state index in [2.05, 4.69) is 24.9 Å². The van der Waals surface area contributed by atoms with Gasteiger partial charge >= 0.3 is 0 Å². The number of hydrogen-bond acceptors (Lipinski definition) is 9. The van der Waals surface area contributed by atoms with Gasteiger partial charge in [0.05, 0.1) is 10.6 Å². The molecule has 4 aromatic rings. The highest BCUT2D eigenvalue weighted by Gasteiger charge is 2.19. The van der Waals surface area contributed by atoms with Crippen LogP contribution in [0.25, 0.3) is 21.3 Å². The van der Waals surface area contributed by atoms with Crippen molar-refractivity contribution in [3.05, 3.63) is 47.6 Å². The number of nitrogens with zero attached hydrogens (tertiary/aromatic N) is 6. The average Bonchev–Trinajstić information content (AvgIpc) is 3.13. The maximum absolute atomic E-state index is 13.3. The third-order valence-corrected chi connectivity index (χ3v) is 6.18. The average molecular weight is 428 g/mol. The van der Waals surface area contributed by atoms with Crippen LogP contribution in [0.5, 0.6) is 0 Å². The molecule has 0 saturated heterocycles. The first-order valence-electron chi connectivity index (χ1n) is 8.76. The van der Waals surface area contributed by atoms with Crippen molar-refractivity contribution in [1.82, 2.24) is 24.9 Å². The molecule has 10 heteroatoms. The number of fused-ring (bicyclic) bond motifs is 1. The van der Waals surface area contributed by atoms with Crippen LogP contribution in [0.15, 0.2) is 41.0 Å². The largest absolute Gasteiger partial charge is 0.368 e. The number of thiophene rings is 1. The van der Waals surface area contributed by atoms with Crippen molar-refractivity contribution in [2.45, 2.75) is 17.2 Å². The summed E-state index contributed by atoms with van der Waals surface area (Å²) in [5.41, 5.74) is 7.76. The molecule has 3 heterocycles. The summed E-state index contributed by atoms with van der Waals surface area (Å²) in [6.45, 7) is 2.00. The zero-order valence-corrected chi connectivity index (χ0v) is 17.6. The number of hydrogen-bond donors (Lipinski definition) is 1. The van der Waals surface area contributed by atoms with Gasteiger partial charge in [-0.2, -0.15) is 15.0 Å². The fourth-order valence-electron chi connectivity index (χ4n) is 2.78. The number of thioether (sulfide) groups is 1. The number of rotatable bonds is 5. The van der Waals surface area contributed by atoms with Crippen LogP contribution in [-0.4, -0.2) is 39.0 Å². The predicted molar refractivity (Wildman–Crippen MR) is 116 cm³/mol. The molecule has 0 radical (unpaired) electrons. The fourth-order valence-corrected chi connectivity index (χ4v) is 4.74. The third kappa shape index (κ3) is 3.99. The first-order chi connectivity index (χ1) is 13.9. The van der Waals surface area contributed by atoms with E-state index < -0.39 is 0 Å². The Hall–Kier alpha value is -2.85. The monoisotopic (exact) mass is 427 g/mol. The maximum atomic E-state index is 13.3. The predicted octanol–water partition coefficient (Wildman–Crippen LogP) is 4.18. The lowest BCUT2D eigenvalue weighted by molar-refractivity contribution is 0.628. The lowest BCUT2D eigenvalue weighted by Crippen LogP contribution is -2.16.